The molecule has 2 atom stereocenters. The van der Waals surface area contributed by atoms with Crippen molar-refractivity contribution in [2.75, 3.05) is 7.11 Å². The Balaban J connectivity index is 2.45. The lowest BCUT2D eigenvalue weighted by Gasteiger charge is -2.11. The predicted molar refractivity (Wildman–Crippen MR) is 54.7 cm³/mol. The van der Waals surface area contributed by atoms with Gasteiger partial charge in [-0.15, -0.1) is 0 Å². The molecule has 78 valence electrons. The van der Waals surface area contributed by atoms with Gasteiger partial charge < -0.3 is 4.74 Å². The summed E-state index contributed by atoms with van der Waals surface area (Å²) in [4.78, 5) is 23.4. The van der Waals surface area contributed by atoms with Crippen LogP contribution < -0.4 is 0 Å². The van der Waals surface area contributed by atoms with Crippen LogP contribution in [0.3, 0.4) is 0 Å². The molecule has 0 bridgehead atoms. The summed E-state index contributed by atoms with van der Waals surface area (Å²) in [7, 11) is 1.31. The van der Waals surface area contributed by atoms with E-state index >= 15 is 0 Å². The molecule has 0 aromatic heterocycles. The van der Waals surface area contributed by atoms with Crippen LogP contribution in [-0.2, 0) is 9.53 Å². The van der Waals surface area contributed by atoms with Crippen LogP contribution in [0, 0.1) is 5.92 Å². The van der Waals surface area contributed by atoms with Gasteiger partial charge in [0.1, 0.15) is 5.92 Å². The van der Waals surface area contributed by atoms with Gasteiger partial charge >= 0.3 is 5.97 Å². The third kappa shape index (κ3) is 1.35. The van der Waals surface area contributed by atoms with E-state index in [1.54, 1.807) is 6.07 Å². The predicted octanol–water partition coefficient (Wildman–Crippen LogP) is 1.78. The largest absolute Gasteiger partial charge is 0.468 e. The van der Waals surface area contributed by atoms with Gasteiger partial charge in [-0.3, -0.25) is 9.59 Å². The molecule has 0 fully saturated rings. The van der Waals surface area contributed by atoms with E-state index in [0.717, 1.165) is 5.56 Å². The lowest BCUT2D eigenvalue weighted by molar-refractivity contribution is -0.144. The van der Waals surface area contributed by atoms with Gasteiger partial charge in [0.15, 0.2) is 5.78 Å². The zero-order valence-electron chi connectivity index (χ0n) is 8.69. The van der Waals surface area contributed by atoms with Crippen LogP contribution in [0.25, 0.3) is 0 Å². The molecule has 2 unspecified atom stereocenters. The van der Waals surface area contributed by atoms with Gasteiger partial charge in [-0.2, -0.15) is 0 Å². The minimum absolute atomic E-state index is 0.0823. The fourth-order valence-corrected chi connectivity index (χ4v) is 2.13. The van der Waals surface area contributed by atoms with E-state index in [1.165, 1.54) is 7.11 Å². The van der Waals surface area contributed by atoms with Gasteiger partial charge in [-0.25, -0.2) is 0 Å². The summed E-state index contributed by atoms with van der Waals surface area (Å²) in [5.41, 5.74) is 1.60. The van der Waals surface area contributed by atoms with Crippen LogP contribution in [0.2, 0.25) is 0 Å². The minimum atomic E-state index is -0.660. The second kappa shape index (κ2) is 3.50. The van der Waals surface area contributed by atoms with Crippen LogP contribution in [0.1, 0.15) is 28.8 Å². The van der Waals surface area contributed by atoms with Crippen LogP contribution >= 0.6 is 0 Å². The molecule has 0 amide bonds. The summed E-state index contributed by atoms with van der Waals surface area (Å²) in [6, 6.07) is 7.34. The van der Waals surface area contributed by atoms with E-state index in [1.807, 2.05) is 25.1 Å². The second-order valence-corrected chi connectivity index (χ2v) is 3.74. The minimum Gasteiger partial charge on any atom is -0.468 e. The first-order valence-electron chi connectivity index (χ1n) is 4.87. The number of esters is 1. The Kier molecular flexibility index (Phi) is 2.31. The molecule has 15 heavy (non-hydrogen) atoms. The van der Waals surface area contributed by atoms with Crippen LogP contribution in [0.15, 0.2) is 24.3 Å². The Morgan fingerprint density at radius 3 is 2.60 bits per heavy atom. The Morgan fingerprint density at radius 2 is 2.00 bits per heavy atom. The Morgan fingerprint density at radius 1 is 1.33 bits per heavy atom. The fourth-order valence-electron chi connectivity index (χ4n) is 2.13. The molecule has 1 aromatic carbocycles. The van der Waals surface area contributed by atoms with E-state index < -0.39 is 11.9 Å². The first-order valence-corrected chi connectivity index (χ1v) is 4.87. The van der Waals surface area contributed by atoms with Gasteiger partial charge in [0.25, 0.3) is 0 Å². The quantitative estimate of drug-likeness (QED) is 0.517. The number of carbonyl (C=O) groups is 2. The number of benzene rings is 1. The maximum atomic E-state index is 11.9. The van der Waals surface area contributed by atoms with Gasteiger partial charge in [0, 0.05) is 11.5 Å². The summed E-state index contributed by atoms with van der Waals surface area (Å²) in [6.07, 6.45) is 0. The van der Waals surface area contributed by atoms with Gasteiger partial charge in [0.05, 0.1) is 7.11 Å². The molecule has 2 rings (SSSR count). The summed E-state index contributed by atoms with van der Waals surface area (Å²) in [5.74, 6) is -1.30. The topological polar surface area (TPSA) is 43.4 Å². The number of fused-ring (bicyclic) bond motifs is 1. The van der Waals surface area contributed by atoms with Crippen molar-refractivity contribution in [3.63, 3.8) is 0 Å². The monoisotopic (exact) mass is 204 g/mol. The van der Waals surface area contributed by atoms with E-state index in [9.17, 15) is 9.59 Å². The van der Waals surface area contributed by atoms with Gasteiger partial charge in [-0.05, 0) is 5.56 Å². The highest BCUT2D eigenvalue weighted by Crippen LogP contribution is 2.37. The van der Waals surface area contributed by atoms with E-state index in [-0.39, 0.29) is 11.7 Å². The zero-order chi connectivity index (χ0) is 11.0. The molecule has 0 heterocycles. The van der Waals surface area contributed by atoms with Gasteiger partial charge in [0.2, 0.25) is 0 Å². The molecule has 1 aliphatic rings. The van der Waals surface area contributed by atoms with Crippen molar-refractivity contribution in [2.45, 2.75) is 12.8 Å². The van der Waals surface area contributed by atoms with Crippen LogP contribution in [0.4, 0.5) is 0 Å². The first-order chi connectivity index (χ1) is 7.16. The average Bonchev–Trinajstić information content (AvgIpc) is 2.52. The molecule has 1 aliphatic carbocycles. The normalized spacial score (nSPS) is 23.7. The number of ketones is 1. The molecule has 0 aliphatic heterocycles. The number of hydrogen-bond acceptors (Lipinski definition) is 3. The van der Waals surface area contributed by atoms with Crippen LogP contribution in [0.5, 0.6) is 0 Å². The van der Waals surface area contributed by atoms with Crippen LogP contribution in [-0.4, -0.2) is 18.9 Å². The third-order valence-electron chi connectivity index (χ3n) is 2.95. The van der Waals surface area contributed by atoms with E-state index in [4.69, 9.17) is 0 Å². The summed E-state index contributed by atoms with van der Waals surface area (Å²) < 4.78 is 4.65. The first kappa shape index (κ1) is 9.90. The molecular formula is C12H12O3. The Bertz CT molecular complexity index is 423. The maximum Gasteiger partial charge on any atom is 0.317 e. The molecule has 0 spiro atoms. The SMILES string of the molecule is COC(=O)C1C(=O)c2ccccc2C1C. The molecule has 1 aromatic rings. The number of Topliss-reactive ketones (excluding diaryl/α,β-unsaturated/α-hetero) is 1. The zero-order valence-corrected chi connectivity index (χ0v) is 8.69. The molecule has 0 N–H and O–H groups in total. The number of rotatable bonds is 1. The number of ether oxygens (including phenoxy) is 1. The lowest BCUT2D eigenvalue weighted by atomic mass is 9.94. The smallest absolute Gasteiger partial charge is 0.317 e. The van der Waals surface area contributed by atoms with Crippen molar-refractivity contribution in [1.29, 1.82) is 0 Å². The Hall–Kier alpha value is -1.64. The third-order valence-corrected chi connectivity index (χ3v) is 2.95. The van der Waals surface area contributed by atoms with Crippen molar-refractivity contribution in [1.82, 2.24) is 0 Å². The van der Waals surface area contributed by atoms with Gasteiger partial charge in [-0.1, -0.05) is 31.2 Å². The van der Waals surface area contributed by atoms with Crippen molar-refractivity contribution in [3.8, 4) is 0 Å². The van der Waals surface area contributed by atoms with Crippen molar-refractivity contribution < 1.29 is 14.3 Å². The molecule has 0 radical (unpaired) electrons. The fraction of sp³-hybridized carbons (Fsp3) is 0.333. The molecule has 3 nitrogen and oxygen atoms in total. The number of hydrogen-bond donors (Lipinski definition) is 0. The lowest BCUT2D eigenvalue weighted by Crippen LogP contribution is -2.24. The molecule has 0 saturated heterocycles. The molecule has 3 heteroatoms. The number of methoxy groups -OCH3 is 1. The Labute approximate surface area is 88.1 Å². The highest BCUT2D eigenvalue weighted by molar-refractivity contribution is 6.13. The van der Waals surface area contributed by atoms with E-state index in [0.29, 0.717) is 5.56 Å². The number of carbonyl (C=O) groups excluding carboxylic acids is 2. The summed E-state index contributed by atoms with van der Waals surface area (Å²) in [5, 5.41) is 0. The standard InChI is InChI=1S/C12H12O3/c1-7-8-5-3-4-6-9(8)11(13)10(7)12(14)15-2/h3-7,10H,1-2H3. The average molecular weight is 204 g/mol. The summed E-state index contributed by atoms with van der Waals surface area (Å²) >= 11 is 0. The highest BCUT2D eigenvalue weighted by atomic mass is 16.5. The summed E-state index contributed by atoms with van der Waals surface area (Å²) in [6.45, 7) is 1.88. The molecular weight excluding hydrogens is 192 g/mol. The van der Waals surface area contributed by atoms with Crippen molar-refractivity contribution >= 4 is 11.8 Å². The molecule has 0 saturated carbocycles. The highest BCUT2D eigenvalue weighted by Gasteiger charge is 2.42. The maximum absolute atomic E-state index is 11.9. The van der Waals surface area contributed by atoms with Crippen molar-refractivity contribution in [3.05, 3.63) is 35.4 Å². The van der Waals surface area contributed by atoms with Crippen molar-refractivity contribution in [2.24, 2.45) is 5.92 Å². The van der Waals surface area contributed by atoms with E-state index in [2.05, 4.69) is 4.74 Å². The second-order valence-electron chi connectivity index (χ2n) is 3.74.